The number of benzene rings is 1. The van der Waals surface area contributed by atoms with Crippen molar-refractivity contribution in [1.82, 2.24) is 0 Å². The van der Waals surface area contributed by atoms with Crippen molar-refractivity contribution < 1.29 is 19.5 Å². The molecule has 0 saturated heterocycles. The van der Waals surface area contributed by atoms with Gasteiger partial charge in [-0.25, -0.2) is 0 Å². The summed E-state index contributed by atoms with van der Waals surface area (Å²) in [5.41, 5.74) is 1.32. The highest BCUT2D eigenvalue weighted by molar-refractivity contribution is 5.97. The minimum absolute atomic E-state index is 0.000723. The van der Waals surface area contributed by atoms with Crippen LogP contribution >= 0.6 is 0 Å². The molecule has 24 heavy (non-hydrogen) atoms. The van der Waals surface area contributed by atoms with Crippen molar-refractivity contribution in [3.63, 3.8) is 0 Å². The van der Waals surface area contributed by atoms with Crippen LogP contribution in [0.2, 0.25) is 0 Å². The highest BCUT2D eigenvalue weighted by Gasteiger charge is 2.51. The first-order valence-corrected chi connectivity index (χ1v) is 7.95. The molecule has 2 N–H and O–H groups in total. The van der Waals surface area contributed by atoms with Gasteiger partial charge in [-0.1, -0.05) is 12.2 Å². The molecule has 126 valence electrons. The van der Waals surface area contributed by atoms with Crippen molar-refractivity contribution >= 4 is 29.2 Å². The number of fused-ring (bicyclic) bond motifs is 2. The Bertz CT molecular complexity index is 710. The molecule has 0 radical (unpaired) electrons. The van der Waals surface area contributed by atoms with E-state index < -0.39 is 17.8 Å². The van der Waals surface area contributed by atoms with Crippen molar-refractivity contribution in [3.8, 4) is 0 Å². The van der Waals surface area contributed by atoms with Crippen LogP contribution < -0.4 is 10.2 Å². The highest BCUT2D eigenvalue weighted by atomic mass is 16.4. The van der Waals surface area contributed by atoms with Gasteiger partial charge in [0.15, 0.2) is 0 Å². The zero-order valence-electron chi connectivity index (χ0n) is 13.6. The second-order valence-electron chi connectivity index (χ2n) is 6.45. The normalized spacial score (nSPS) is 27.1. The van der Waals surface area contributed by atoms with E-state index in [1.165, 1.54) is 11.8 Å². The molecule has 1 saturated carbocycles. The van der Waals surface area contributed by atoms with Crippen LogP contribution in [0.4, 0.5) is 11.4 Å². The molecule has 2 bridgehead atoms. The maximum atomic E-state index is 12.6. The summed E-state index contributed by atoms with van der Waals surface area (Å²) >= 11 is 0. The molecule has 1 aromatic rings. The zero-order valence-corrected chi connectivity index (χ0v) is 13.6. The fraction of sp³-hybridized carbons (Fsp3) is 0.389. The van der Waals surface area contributed by atoms with Crippen molar-refractivity contribution in [1.29, 1.82) is 0 Å². The van der Waals surface area contributed by atoms with Crippen molar-refractivity contribution in [3.05, 3.63) is 36.4 Å². The van der Waals surface area contributed by atoms with E-state index in [1.54, 1.807) is 31.3 Å². The second-order valence-corrected chi connectivity index (χ2v) is 6.45. The lowest BCUT2D eigenvalue weighted by molar-refractivity contribution is -0.146. The summed E-state index contributed by atoms with van der Waals surface area (Å²) in [5.74, 6) is -2.48. The van der Waals surface area contributed by atoms with Gasteiger partial charge in [0.2, 0.25) is 11.8 Å². The summed E-state index contributed by atoms with van der Waals surface area (Å²) in [7, 11) is 1.68. The Balaban J connectivity index is 1.72. The van der Waals surface area contributed by atoms with Crippen LogP contribution in [0, 0.1) is 23.7 Å². The van der Waals surface area contributed by atoms with Crippen LogP contribution in [-0.4, -0.2) is 29.9 Å². The van der Waals surface area contributed by atoms with E-state index in [0.717, 1.165) is 12.1 Å². The van der Waals surface area contributed by atoms with Crippen molar-refractivity contribution in [2.24, 2.45) is 23.7 Å². The fourth-order valence-electron chi connectivity index (χ4n) is 3.69. The number of amides is 2. The van der Waals surface area contributed by atoms with Gasteiger partial charge in [-0.05, 0) is 42.5 Å². The van der Waals surface area contributed by atoms with E-state index in [-0.39, 0.29) is 23.7 Å². The molecular formula is C18H20N2O4. The minimum atomic E-state index is -0.912. The monoisotopic (exact) mass is 328 g/mol. The first-order chi connectivity index (χ1) is 11.4. The molecule has 2 aliphatic carbocycles. The van der Waals surface area contributed by atoms with Crippen LogP contribution in [-0.2, 0) is 14.4 Å². The van der Waals surface area contributed by atoms with Crippen molar-refractivity contribution in [2.75, 3.05) is 17.3 Å². The first kappa shape index (κ1) is 16.2. The summed E-state index contributed by atoms with van der Waals surface area (Å²) in [6.07, 6.45) is 4.61. The average molecular weight is 328 g/mol. The smallest absolute Gasteiger partial charge is 0.307 e. The van der Waals surface area contributed by atoms with Crippen LogP contribution in [0.3, 0.4) is 0 Å². The van der Waals surface area contributed by atoms with E-state index in [4.69, 9.17) is 0 Å². The van der Waals surface area contributed by atoms with Gasteiger partial charge in [0.1, 0.15) is 0 Å². The number of hydrogen-bond donors (Lipinski definition) is 2. The summed E-state index contributed by atoms with van der Waals surface area (Å²) in [6, 6.07) is 6.91. The summed E-state index contributed by atoms with van der Waals surface area (Å²) in [6.45, 7) is 1.48. The lowest BCUT2D eigenvalue weighted by atomic mass is 9.82. The van der Waals surface area contributed by atoms with Gasteiger partial charge in [0.25, 0.3) is 0 Å². The van der Waals surface area contributed by atoms with Gasteiger partial charge in [-0.2, -0.15) is 0 Å². The van der Waals surface area contributed by atoms with E-state index in [9.17, 15) is 19.5 Å². The molecule has 1 aromatic carbocycles. The van der Waals surface area contributed by atoms with E-state index in [0.29, 0.717) is 5.69 Å². The third-order valence-corrected chi connectivity index (χ3v) is 5.04. The van der Waals surface area contributed by atoms with Gasteiger partial charge in [-0.15, -0.1) is 0 Å². The lowest BCUT2D eigenvalue weighted by Gasteiger charge is -2.24. The third-order valence-electron chi connectivity index (χ3n) is 5.04. The molecule has 0 aromatic heterocycles. The zero-order chi connectivity index (χ0) is 17.4. The number of carbonyl (C=O) groups excluding carboxylic acids is 2. The minimum Gasteiger partial charge on any atom is -0.481 e. The maximum absolute atomic E-state index is 12.6. The standard InChI is InChI=1S/C18H20N2O4/c1-10(21)20(2)14-7-5-13(6-8-14)19-17(22)15-11-3-4-12(9-11)16(15)18(23)24/h3-8,11-12,15-16H,9H2,1-2H3,(H,19,22)(H,23,24)/t11-,12-,15+,16-/m0/s1. The molecular weight excluding hydrogens is 308 g/mol. The quantitative estimate of drug-likeness (QED) is 0.829. The maximum Gasteiger partial charge on any atom is 0.307 e. The Morgan fingerprint density at radius 3 is 2.21 bits per heavy atom. The Kier molecular flexibility index (Phi) is 4.13. The predicted octanol–water partition coefficient (Wildman–Crippen LogP) is 2.13. The Morgan fingerprint density at radius 1 is 1.08 bits per heavy atom. The molecule has 6 nitrogen and oxygen atoms in total. The summed E-state index contributed by atoms with van der Waals surface area (Å²) < 4.78 is 0. The molecule has 6 heteroatoms. The number of rotatable bonds is 4. The topological polar surface area (TPSA) is 86.7 Å². The van der Waals surface area contributed by atoms with Gasteiger partial charge in [0.05, 0.1) is 11.8 Å². The second kappa shape index (κ2) is 6.11. The average Bonchev–Trinajstić information content (AvgIpc) is 3.15. The number of aliphatic carboxylic acids is 1. The van der Waals surface area contributed by atoms with Crippen LogP contribution in [0.1, 0.15) is 13.3 Å². The largest absolute Gasteiger partial charge is 0.481 e. The van der Waals surface area contributed by atoms with Gasteiger partial charge in [-0.3, -0.25) is 14.4 Å². The molecule has 3 rings (SSSR count). The van der Waals surface area contributed by atoms with E-state index in [1.807, 2.05) is 12.2 Å². The third kappa shape index (κ3) is 2.79. The number of anilines is 2. The van der Waals surface area contributed by atoms with Crippen LogP contribution in [0.5, 0.6) is 0 Å². The molecule has 1 fully saturated rings. The number of nitrogens with zero attached hydrogens (tertiary/aromatic N) is 1. The molecule has 2 aliphatic rings. The number of nitrogens with one attached hydrogen (secondary N) is 1. The molecule has 0 heterocycles. The summed E-state index contributed by atoms with van der Waals surface area (Å²) in [5, 5.41) is 12.2. The molecule has 0 spiro atoms. The number of carboxylic acid groups (broad SMARTS) is 1. The first-order valence-electron chi connectivity index (χ1n) is 7.95. The van der Waals surface area contributed by atoms with Gasteiger partial charge < -0.3 is 15.3 Å². The summed E-state index contributed by atoms with van der Waals surface area (Å²) in [4.78, 5) is 36.9. The van der Waals surface area contributed by atoms with Crippen molar-refractivity contribution in [2.45, 2.75) is 13.3 Å². The predicted molar refractivity (Wildman–Crippen MR) is 89.5 cm³/mol. The van der Waals surface area contributed by atoms with Crippen LogP contribution in [0.15, 0.2) is 36.4 Å². The molecule has 4 atom stereocenters. The van der Waals surface area contributed by atoms with Crippen LogP contribution in [0.25, 0.3) is 0 Å². The number of carbonyl (C=O) groups is 3. The van der Waals surface area contributed by atoms with E-state index >= 15 is 0 Å². The number of hydrogen-bond acceptors (Lipinski definition) is 3. The fourth-order valence-corrected chi connectivity index (χ4v) is 3.69. The Hall–Kier alpha value is -2.63. The van der Waals surface area contributed by atoms with Gasteiger partial charge in [0, 0.05) is 25.3 Å². The Morgan fingerprint density at radius 2 is 1.67 bits per heavy atom. The SMILES string of the molecule is CC(=O)N(C)c1ccc(NC(=O)[C@H]2[C@@H](C(=O)O)[C@H]3C=C[C@H]2C3)cc1. The lowest BCUT2D eigenvalue weighted by Crippen LogP contribution is -2.36. The highest BCUT2D eigenvalue weighted by Crippen LogP contribution is 2.48. The molecule has 2 amide bonds. The molecule has 0 aliphatic heterocycles. The number of carboxylic acids is 1. The van der Waals surface area contributed by atoms with E-state index in [2.05, 4.69) is 5.32 Å². The molecule has 0 unspecified atom stereocenters. The Labute approximate surface area is 140 Å². The van der Waals surface area contributed by atoms with Gasteiger partial charge >= 0.3 is 5.97 Å². The number of allylic oxidation sites excluding steroid dienone is 2.